The van der Waals surface area contributed by atoms with Gasteiger partial charge in [-0.15, -0.1) is 0 Å². The van der Waals surface area contributed by atoms with Crippen LogP contribution in [-0.4, -0.2) is 48.7 Å². The van der Waals surface area contributed by atoms with Gasteiger partial charge in [-0.1, -0.05) is 30.3 Å². The molecular formula is C19H19N5O5. The quantitative estimate of drug-likeness (QED) is 0.559. The van der Waals surface area contributed by atoms with Crippen molar-refractivity contribution in [3.63, 3.8) is 0 Å². The average Bonchev–Trinajstić information content (AvgIpc) is 3.15. The summed E-state index contributed by atoms with van der Waals surface area (Å²) in [6.45, 7) is 0.269. The summed E-state index contributed by atoms with van der Waals surface area (Å²) in [6, 6.07) is 9.85. The van der Waals surface area contributed by atoms with Crippen molar-refractivity contribution in [2.75, 3.05) is 12.3 Å². The van der Waals surface area contributed by atoms with Crippen molar-refractivity contribution in [2.24, 2.45) is 5.92 Å². The fourth-order valence-corrected chi connectivity index (χ4v) is 4.93. The van der Waals surface area contributed by atoms with Gasteiger partial charge >= 0.3 is 0 Å². The van der Waals surface area contributed by atoms with Gasteiger partial charge < -0.3 is 25.1 Å². The Morgan fingerprint density at radius 3 is 2.97 bits per heavy atom. The number of rotatable bonds is 5. The number of fused-ring (bicyclic) bond motifs is 1. The summed E-state index contributed by atoms with van der Waals surface area (Å²) in [4.78, 5) is 22.8. The van der Waals surface area contributed by atoms with Gasteiger partial charge in [0.25, 0.3) is 5.56 Å². The SMILES string of the molecule is Nc1nc2c(ncn2[C@@H]2O[C@@]3(CO)CC4(OCc5ccccc5)OC2C43)c(=O)[nH]1. The Hall–Kier alpha value is -2.79. The number of hydrogen-bond donors (Lipinski definition) is 3. The molecule has 150 valence electrons. The summed E-state index contributed by atoms with van der Waals surface area (Å²) in [6.07, 6.45) is 0.998. The molecule has 3 fully saturated rings. The summed E-state index contributed by atoms with van der Waals surface area (Å²) in [7, 11) is 0. The molecule has 3 aromatic rings. The minimum absolute atomic E-state index is 0.00263. The fourth-order valence-electron chi connectivity index (χ4n) is 4.93. The zero-order valence-electron chi connectivity index (χ0n) is 15.3. The summed E-state index contributed by atoms with van der Waals surface area (Å²) in [5.74, 6) is -0.888. The Bertz CT molecular complexity index is 1160. The van der Waals surface area contributed by atoms with E-state index in [4.69, 9.17) is 19.9 Å². The van der Waals surface area contributed by atoms with Gasteiger partial charge in [0.15, 0.2) is 23.2 Å². The van der Waals surface area contributed by atoms with Crippen molar-refractivity contribution in [2.45, 2.75) is 36.7 Å². The normalized spacial score (nSPS) is 34.6. The molecule has 10 nitrogen and oxygen atoms in total. The minimum Gasteiger partial charge on any atom is -0.393 e. The van der Waals surface area contributed by atoms with E-state index in [0.29, 0.717) is 18.7 Å². The molecule has 2 saturated heterocycles. The molecule has 2 aliphatic heterocycles. The zero-order chi connectivity index (χ0) is 19.8. The van der Waals surface area contributed by atoms with Gasteiger partial charge in [0.05, 0.1) is 25.5 Å². The van der Waals surface area contributed by atoms with Crippen LogP contribution in [0.1, 0.15) is 18.2 Å². The summed E-state index contributed by atoms with van der Waals surface area (Å²) in [5, 5.41) is 10.1. The molecule has 3 unspecified atom stereocenters. The number of aromatic nitrogens is 4. The number of aliphatic hydroxyl groups excluding tert-OH is 1. The van der Waals surface area contributed by atoms with Crippen molar-refractivity contribution in [3.8, 4) is 0 Å². The molecule has 10 heteroatoms. The number of nitrogens with zero attached hydrogens (tertiary/aromatic N) is 3. The first-order valence-electron chi connectivity index (χ1n) is 9.42. The number of hydrogen-bond acceptors (Lipinski definition) is 8. The summed E-state index contributed by atoms with van der Waals surface area (Å²) >= 11 is 0. The molecule has 6 rings (SSSR count). The van der Waals surface area contributed by atoms with Crippen LogP contribution in [0.3, 0.4) is 0 Å². The van der Waals surface area contributed by atoms with Crippen LogP contribution in [0.25, 0.3) is 11.2 Å². The van der Waals surface area contributed by atoms with E-state index < -0.39 is 23.2 Å². The van der Waals surface area contributed by atoms with Gasteiger partial charge in [0.1, 0.15) is 11.7 Å². The number of nitrogen functional groups attached to an aromatic ring is 1. The topological polar surface area (TPSA) is 138 Å². The maximum Gasteiger partial charge on any atom is 0.280 e. The number of aliphatic hydroxyl groups is 1. The van der Waals surface area contributed by atoms with Crippen LogP contribution >= 0.6 is 0 Å². The highest BCUT2D eigenvalue weighted by Crippen LogP contribution is 2.69. The molecule has 1 aromatic carbocycles. The largest absolute Gasteiger partial charge is 0.393 e. The van der Waals surface area contributed by atoms with E-state index in [-0.39, 0.29) is 30.1 Å². The maximum atomic E-state index is 12.1. The Labute approximate surface area is 164 Å². The van der Waals surface area contributed by atoms with Crippen molar-refractivity contribution in [1.82, 2.24) is 19.5 Å². The fraction of sp³-hybridized carbons (Fsp3) is 0.421. The third-order valence-corrected chi connectivity index (χ3v) is 6.21. The molecule has 3 aliphatic rings. The number of nitrogens with one attached hydrogen (secondary N) is 1. The highest BCUT2D eigenvalue weighted by Gasteiger charge is 2.82. The number of imidazole rings is 1. The summed E-state index contributed by atoms with van der Waals surface area (Å²) in [5.41, 5.74) is 6.07. The number of benzene rings is 1. The lowest BCUT2D eigenvalue weighted by Gasteiger charge is -2.64. The van der Waals surface area contributed by atoms with Crippen molar-refractivity contribution in [3.05, 3.63) is 52.6 Å². The lowest BCUT2D eigenvalue weighted by Crippen LogP contribution is -2.78. The molecule has 5 atom stereocenters. The predicted molar refractivity (Wildman–Crippen MR) is 99.4 cm³/mol. The van der Waals surface area contributed by atoms with Crippen LogP contribution in [0.4, 0.5) is 5.95 Å². The van der Waals surface area contributed by atoms with E-state index in [2.05, 4.69) is 15.0 Å². The molecule has 1 saturated carbocycles. The van der Waals surface area contributed by atoms with Crippen LogP contribution in [0.2, 0.25) is 0 Å². The van der Waals surface area contributed by atoms with Crippen molar-refractivity contribution >= 4 is 17.1 Å². The van der Waals surface area contributed by atoms with Gasteiger partial charge in [0, 0.05) is 6.42 Å². The molecule has 0 amide bonds. The van der Waals surface area contributed by atoms with Crippen LogP contribution < -0.4 is 11.3 Å². The maximum absolute atomic E-state index is 12.1. The third kappa shape index (κ3) is 2.16. The Balaban J connectivity index is 1.30. The van der Waals surface area contributed by atoms with E-state index in [1.54, 1.807) is 4.57 Å². The Morgan fingerprint density at radius 2 is 2.17 bits per heavy atom. The molecule has 29 heavy (non-hydrogen) atoms. The number of ether oxygens (including phenoxy) is 3. The van der Waals surface area contributed by atoms with Crippen LogP contribution in [0.5, 0.6) is 0 Å². The molecule has 4 N–H and O–H groups in total. The molecule has 0 spiro atoms. The van der Waals surface area contributed by atoms with E-state index in [9.17, 15) is 9.90 Å². The van der Waals surface area contributed by atoms with Gasteiger partial charge in [0.2, 0.25) is 5.95 Å². The molecule has 0 bridgehead atoms. The Morgan fingerprint density at radius 1 is 1.34 bits per heavy atom. The molecule has 2 aromatic heterocycles. The first-order chi connectivity index (χ1) is 14.1. The van der Waals surface area contributed by atoms with E-state index in [0.717, 1.165) is 5.56 Å². The standard InChI is InChI=1S/C19H19N5O5/c20-17-22-14-11(15(26)23-17)21-9-24(14)16-12-13-18(8-25,29-16)7-19(13,28-12)27-6-10-4-2-1-3-5-10/h1-5,9,12-13,16,25H,6-8H2,(H3,20,22,23,26)/t12?,13?,16-,18-,19?/m1/s1. The van der Waals surface area contributed by atoms with E-state index >= 15 is 0 Å². The van der Waals surface area contributed by atoms with Crippen LogP contribution in [0, 0.1) is 5.92 Å². The molecular weight excluding hydrogens is 378 g/mol. The van der Waals surface area contributed by atoms with Gasteiger partial charge in [-0.2, -0.15) is 4.98 Å². The van der Waals surface area contributed by atoms with E-state index in [1.165, 1.54) is 6.33 Å². The second-order valence-electron chi connectivity index (χ2n) is 7.83. The van der Waals surface area contributed by atoms with Crippen molar-refractivity contribution < 1.29 is 19.3 Å². The first kappa shape index (κ1) is 17.1. The third-order valence-electron chi connectivity index (χ3n) is 6.21. The number of anilines is 1. The number of aromatic amines is 1. The van der Waals surface area contributed by atoms with Gasteiger partial charge in [-0.3, -0.25) is 14.3 Å². The first-order valence-corrected chi connectivity index (χ1v) is 9.42. The van der Waals surface area contributed by atoms with Gasteiger partial charge in [-0.05, 0) is 5.56 Å². The second kappa shape index (κ2) is 5.63. The molecule has 4 heterocycles. The lowest BCUT2D eigenvalue weighted by molar-refractivity contribution is -0.451. The molecule has 1 aliphatic carbocycles. The van der Waals surface area contributed by atoms with Crippen molar-refractivity contribution in [1.29, 1.82) is 0 Å². The smallest absolute Gasteiger partial charge is 0.280 e. The van der Waals surface area contributed by atoms with Crippen LogP contribution in [0.15, 0.2) is 41.5 Å². The second-order valence-corrected chi connectivity index (χ2v) is 7.83. The highest BCUT2D eigenvalue weighted by molar-refractivity contribution is 5.70. The monoisotopic (exact) mass is 397 g/mol. The average molecular weight is 397 g/mol. The van der Waals surface area contributed by atoms with Crippen LogP contribution in [-0.2, 0) is 20.8 Å². The molecule has 0 radical (unpaired) electrons. The lowest BCUT2D eigenvalue weighted by atomic mass is 9.59. The van der Waals surface area contributed by atoms with E-state index in [1.807, 2.05) is 30.3 Å². The zero-order valence-corrected chi connectivity index (χ0v) is 15.3. The predicted octanol–water partition coefficient (Wildman–Crippen LogP) is 0.293. The Kier molecular flexibility index (Phi) is 3.32. The van der Waals surface area contributed by atoms with Gasteiger partial charge in [-0.25, -0.2) is 4.98 Å². The number of H-pyrrole nitrogens is 1. The highest BCUT2D eigenvalue weighted by atomic mass is 16.8. The minimum atomic E-state index is -0.766. The number of nitrogens with two attached hydrogens (primary N) is 1. The summed E-state index contributed by atoms with van der Waals surface area (Å²) < 4.78 is 20.2.